The van der Waals surface area contributed by atoms with Crippen LogP contribution in [0.4, 0.5) is 24.5 Å². The fraction of sp³-hybridized carbons (Fsp3) is 0.444. The van der Waals surface area contributed by atoms with E-state index in [0.29, 0.717) is 43.9 Å². The van der Waals surface area contributed by atoms with Gasteiger partial charge in [0, 0.05) is 18.7 Å². The van der Waals surface area contributed by atoms with Gasteiger partial charge in [-0.1, -0.05) is 11.6 Å². The fourth-order valence-electron chi connectivity index (χ4n) is 3.31. The molecule has 0 bridgehead atoms. The third kappa shape index (κ3) is 5.48. The van der Waals surface area contributed by atoms with Crippen LogP contribution in [0.15, 0.2) is 35.3 Å². The molecule has 0 saturated carbocycles. The van der Waals surface area contributed by atoms with E-state index in [4.69, 9.17) is 11.6 Å². The van der Waals surface area contributed by atoms with Gasteiger partial charge in [0.05, 0.1) is 29.0 Å². The van der Waals surface area contributed by atoms with Crippen molar-refractivity contribution in [2.24, 2.45) is 5.92 Å². The van der Waals surface area contributed by atoms with Crippen molar-refractivity contribution in [1.82, 2.24) is 14.7 Å². The van der Waals surface area contributed by atoms with Gasteiger partial charge in [0.2, 0.25) is 0 Å². The molecule has 1 aromatic heterocycles. The molecule has 0 atom stereocenters. The van der Waals surface area contributed by atoms with E-state index < -0.39 is 23.2 Å². The molecule has 0 spiro atoms. The maximum Gasteiger partial charge on any atom is 0.401 e. The first kappa shape index (κ1) is 22.0. The Morgan fingerprint density at radius 1 is 1.23 bits per heavy atom. The largest absolute Gasteiger partial charge is 0.401 e. The fourth-order valence-corrected chi connectivity index (χ4v) is 3.51. The minimum Gasteiger partial charge on any atom is -0.382 e. The van der Waals surface area contributed by atoms with Crippen molar-refractivity contribution in [2.45, 2.75) is 19.0 Å². The highest BCUT2D eigenvalue weighted by Gasteiger charge is 2.32. The number of hydrogen-bond acceptors (Lipinski definition) is 6. The summed E-state index contributed by atoms with van der Waals surface area (Å²) >= 11 is 6.17. The monoisotopic (exact) mass is 445 g/mol. The smallest absolute Gasteiger partial charge is 0.382 e. The summed E-state index contributed by atoms with van der Waals surface area (Å²) in [7, 11) is 0. The van der Waals surface area contributed by atoms with Crippen LogP contribution in [-0.2, 0) is 0 Å². The third-order valence-electron chi connectivity index (χ3n) is 4.92. The predicted octanol–water partition coefficient (Wildman–Crippen LogP) is 3.48. The topological polar surface area (TPSA) is 93.3 Å². The molecule has 1 fully saturated rings. The molecular formula is C18H19ClF3N5O3. The number of nitro benzene ring substituents is 1. The van der Waals surface area contributed by atoms with Crippen LogP contribution in [-0.4, -0.2) is 52.0 Å². The van der Waals surface area contributed by atoms with Gasteiger partial charge in [-0.25, -0.2) is 0 Å². The van der Waals surface area contributed by atoms with Crippen LogP contribution in [0.3, 0.4) is 0 Å². The second-order valence-electron chi connectivity index (χ2n) is 7.08. The van der Waals surface area contributed by atoms with Gasteiger partial charge in [0.25, 0.3) is 11.2 Å². The van der Waals surface area contributed by atoms with Gasteiger partial charge in [-0.15, -0.1) is 0 Å². The molecule has 2 aromatic rings. The summed E-state index contributed by atoms with van der Waals surface area (Å²) in [6, 6.07) is 5.30. The SMILES string of the molecule is O=c1c(Cl)c(NCC2CCN(CC(F)(F)F)CC2)cnn1-c1ccc([N+](=O)[O-])cc1. The Morgan fingerprint density at radius 2 is 1.87 bits per heavy atom. The number of alkyl halides is 3. The van der Waals surface area contributed by atoms with Crippen molar-refractivity contribution in [3.63, 3.8) is 0 Å². The molecule has 8 nitrogen and oxygen atoms in total. The Balaban J connectivity index is 1.61. The van der Waals surface area contributed by atoms with E-state index in [-0.39, 0.29) is 16.6 Å². The minimum atomic E-state index is -4.20. The van der Waals surface area contributed by atoms with Crippen LogP contribution in [0.25, 0.3) is 5.69 Å². The van der Waals surface area contributed by atoms with Crippen molar-refractivity contribution < 1.29 is 18.1 Å². The molecule has 3 rings (SSSR count). The highest BCUT2D eigenvalue weighted by molar-refractivity contribution is 6.32. The lowest BCUT2D eigenvalue weighted by Gasteiger charge is -2.32. The Hall–Kier alpha value is -2.66. The van der Waals surface area contributed by atoms with E-state index in [2.05, 4.69) is 10.4 Å². The highest BCUT2D eigenvalue weighted by atomic mass is 35.5. The number of piperidine rings is 1. The first-order chi connectivity index (χ1) is 14.1. The summed E-state index contributed by atoms with van der Waals surface area (Å²) in [6.45, 7) is 0.283. The number of aromatic nitrogens is 2. The van der Waals surface area contributed by atoms with E-state index in [9.17, 15) is 28.1 Å². The van der Waals surface area contributed by atoms with Crippen LogP contribution in [0.2, 0.25) is 5.02 Å². The van der Waals surface area contributed by atoms with Crippen LogP contribution in [0.1, 0.15) is 12.8 Å². The molecule has 30 heavy (non-hydrogen) atoms. The first-order valence-electron chi connectivity index (χ1n) is 9.19. The Morgan fingerprint density at radius 3 is 2.43 bits per heavy atom. The second kappa shape index (κ2) is 9.00. The minimum absolute atomic E-state index is 0.0853. The molecule has 1 aromatic carbocycles. The third-order valence-corrected chi connectivity index (χ3v) is 5.28. The van der Waals surface area contributed by atoms with E-state index in [1.807, 2.05) is 0 Å². The van der Waals surface area contributed by atoms with Crippen molar-refractivity contribution in [1.29, 1.82) is 0 Å². The van der Waals surface area contributed by atoms with Gasteiger partial charge in [-0.05, 0) is 44.0 Å². The summed E-state index contributed by atoms with van der Waals surface area (Å²) in [5, 5.41) is 17.8. The zero-order valence-electron chi connectivity index (χ0n) is 15.7. The molecule has 162 valence electrons. The maximum atomic E-state index is 12.5. The summed E-state index contributed by atoms with van der Waals surface area (Å²) in [6.07, 6.45) is -1.61. The van der Waals surface area contributed by atoms with Gasteiger partial charge in [0.15, 0.2) is 0 Å². The molecule has 12 heteroatoms. The van der Waals surface area contributed by atoms with E-state index in [1.54, 1.807) is 0 Å². The lowest BCUT2D eigenvalue weighted by Crippen LogP contribution is -2.41. The van der Waals surface area contributed by atoms with Crippen LogP contribution in [0.5, 0.6) is 0 Å². The van der Waals surface area contributed by atoms with Crippen LogP contribution in [0, 0.1) is 16.0 Å². The molecule has 0 amide bonds. The quantitative estimate of drug-likeness (QED) is 0.540. The molecule has 1 saturated heterocycles. The molecule has 1 aliphatic rings. The number of benzene rings is 1. The van der Waals surface area contributed by atoms with E-state index in [0.717, 1.165) is 4.68 Å². The summed E-state index contributed by atoms with van der Waals surface area (Å²) < 4.78 is 38.4. The molecular weight excluding hydrogens is 427 g/mol. The Bertz CT molecular complexity index is 957. The predicted molar refractivity (Wildman–Crippen MR) is 105 cm³/mol. The Labute approximate surface area is 174 Å². The van der Waals surface area contributed by atoms with Crippen molar-refractivity contribution in [3.8, 4) is 5.69 Å². The first-order valence-corrected chi connectivity index (χ1v) is 9.57. The molecule has 0 radical (unpaired) electrons. The van der Waals surface area contributed by atoms with Gasteiger partial charge in [-0.3, -0.25) is 19.8 Å². The molecule has 0 unspecified atom stereocenters. The number of rotatable bonds is 6. The summed E-state index contributed by atoms with van der Waals surface area (Å²) in [5.41, 5.74) is -0.0402. The summed E-state index contributed by atoms with van der Waals surface area (Å²) in [4.78, 5) is 24.1. The lowest BCUT2D eigenvalue weighted by atomic mass is 9.97. The van der Waals surface area contributed by atoms with Crippen molar-refractivity contribution in [2.75, 3.05) is 31.5 Å². The zero-order chi connectivity index (χ0) is 21.9. The highest BCUT2D eigenvalue weighted by Crippen LogP contribution is 2.24. The lowest BCUT2D eigenvalue weighted by molar-refractivity contribution is -0.384. The number of hydrogen-bond donors (Lipinski definition) is 1. The normalized spacial score (nSPS) is 15.9. The number of halogens is 4. The van der Waals surface area contributed by atoms with Gasteiger partial charge >= 0.3 is 6.18 Å². The second-order valence-corrected chi connectivity index (χ2v) is 7.46. The van der Waals surface area contributed by atoms with E-state index >= 15 is 0 Å². The van der Waals surface area contributed by atoms with Gasteiger partial charge in [0.1, 0.15) is 5.02 Å². The zero-order valence-corrected chi connectivity index (χ0v) is 16.5. The Kier molecular flexibility index (Phi) is 6.61. The van der Waals surface area contributed by atoms with Crippen LogP contribution >= 0.6 is 11.6 Å². The van der Waals surface area contributed by atoms with Crippen LogP contribution < -0.4 is 10.9 Å². The number of likely N-dealkylation sites (tertiary alicyclic amines) is 1. The number of nitro groups is 1. The molecule has 1 N–H and O–H groups in total. The van der Waals surface area contributed by atoms with Gasteiger partial charge in [-0.2, -0.15) is 23.0 Å². The average molecular weight is 446 g/mol. The molecule has 1 aliphatic heterocycles. The molecule has 0 aliphatic carbocycles. The standard InChI is InChI=1S/C18H19ClF3N5O3/c19-16-15(23-9-12-5-7-25(8-6-12)11-18(20,21)22)10-24-26(17(16)28)13-1-3-14(4-2-13)27(29)30/h1-4,10,12,23H,5-9,11H2. The number of nitrogens with one attached hydrogen (secondary N) is 1. The maximum absolute atomic E-state index is 12.5. The number of non-ortho nitro benzene ring substituents is 1. The van der Waals surface area contributed by atoms with Crippen molar-refractivity contribution >= 4 is 23.0 Å². The van der Waals surface area contributed by atoms with Crippen molar-refractivity contribution in [3.05, 3.63) is 56.0 Å². The van der Waals surface area contributed by atoms with Gasteiger partial charge < -0.3 is 5.32 Å². The molecule has 2 heterocycles. The number of anilines is 1. The summed E-state index contributed by atoms with van der Waals surface area (Å²) in [5.74, 6) is 0.155. The number of nitrogens with zero attached hydrogens (tertiary/aromatic N) is 4. The van der Waals surface area contributed by atoms with E-state index in [1.165, 1.54) is 35.4 Å². The average Bonchev–Trinajstić information content (AvgIpc) is 2.69.